The molecule has 0 aliphatic carbocycles. The Hall–Kier alpha value is -3.85. The molecule has 1 unspecified atom stereocenters. The van der Waals surface area contributed by atoms with E-state index in [0.29, 0.717) is 23.9 Å². The molecule has 0 saturated carbocycles. The number of carbonyl (C=O) groups is 1. The Labute approximate surface area is 205 Å². The van der Waals surface area contributed by atoms with E-state index in [9.17, 15) is 14.3 Å². The molecule has 3 aromatic rings. The van der Waals surface area contributed by atoms with Crippen molar-refractivity contribution in [1.29, 1.82) is 0 Å². The highest BCUT2D eigenvalue weighted by molar-refractivity contribution is 6.03. The molecule has 0 aliphatic rings. The summed E-state index contributed by atoms with van der Waals surface area (Å²) in [6.07, 6.45) is 3.63. The molecule has 9 heteroatoms. The van der Waals surface area contributed by atoms with Crippen LogP contribution in [0.25, 0.3) is 0 Å². The second kappa shape index (κ2) is 13.8. The van der Waals surface area contributed by atoms with E-state index in [-0.39, 0.29) is 18.1 Å². The number of benzene rings is 2. The molecule has 1 aromatic heterocycles. The fourth-order valence-electron chi connectivity index (χ4n) is 3.17. The quantitative estimate of drug-likeness (QED) is 0.355. The maximum Gasteiger partial charge on any atom is 0.272 e. The molecule has 1 amide bonds. The van der Waals surface area contributed by atoms with E-state index < -0.39 is 11.9 Å². The molecule has 3 N–H and O–H groups in total. The summed E-state index contributed by atoms with van der Waals surface area (Å²) in [5, 5.41) is 15.6. The molecule has 8 nitrogen and oxygen atoms in total. The summed E-state index contributed by atoms with van der Waals surface area (Å²) in [7, 11) is 1.59. The Balaban J connectivity index is 0.00000210. The third-order valence-corrected chi connectivity index (χ3v) is 4.91. The van der Waals surface area contributed by atoms with E-state index in [4.69, 9.17) is 0 Å². The SMILES string of the molecule is CC.CC/C(=N\C(=NC)Nc1ccc(F)cc1)n1cnc(C(=O)NC(CO)c2cccc(C)c2)c1. The summed E-state index contributed by atoms with van der Waals surface area (Å²) in [6, 6.07) is 12.9. The minimum Gasteiger partial charge on any atom is -0.394 e. The van der Waals surface area contributed by atoms with Crippen LogP contribution in [-0.2, 0) is 0 Å². The summed E-state index contributed by atoms with van der Waals surface area (Å²) >= 11 is 0. The molecule has 186 valence electrons. The molecule has 0 aliphatic heterocycles. The Bertz CT molecular complexity index is 1150. The van der Waals surface area contributed by atoms with Crippen LogP contribution in [0, 0.1) is 12.7 Å². The number of aliphatic hydroxyl groups excluding tert-OH is 1. The molecule has 0 spiro atoms. The monoisotopic (exact) mass is 480 g/mol. The van der Waals surface area contributed by atoms with E-state index in [1.54, 1.807) is 29.9 Å². The van der Waals surface area contributed by atoms with Crippen molar-refractivity contribution < 1.29 is 14.3 Å². The van der Waals surface area contributed by atoms with Crippen LogP contribution in [0.1, 0.15) is 54.8 Å². The first kappa shape index (κ1) is 27.4. The number of amides is 1. The van der Waals surface area contributed by atoms with Gasteiger partial charge >= 0.3 is 0 Å². The number of aromatic nitrogens is 2. The summed E-state index contributed by atoms with van der Waals surface area (Å²) < 4.78 is 14.8. The van der Waals surface area contributed by atoms with E-state index in [1.165, 1.54) is 18.5 Å². The van der Waals surface area contributed by atoms with Gasteiger partial charge in [0.25, 0.3) is 5.91 Å². The van der Waals surface area contributed by atoms with E-state index in [2.05, 4.69) is 25.6 Å². The Morgan fingerprint density at radius 2 is 1.91 bits per heavy atom. The average molecular weight is 481 g/mol. The number of hydrogen-bond donors (Lipinski definition) is 3. The number of rotatable bonds is 6. The number of aliphatic hydroxyl groups is 1. The van der Waals surface area contributed by atoms with Crippen LogP contribution in [-0.4, -0.2) is 46.0 Å². The fourth-order valence-corrected chi connectivity index (χ4v) is 3.17. The summed E-state index contributed by atoms with van der Waals surface area (Å²) in [5.41, 5.74) is 2.70. The Morgan fingerprint density at radius 3 is 2.51 bits per heavy atom. The molecule has 1 atom stereocenters. The molecule has 0 saturated heterocycles. The lowest BCUT2D eigenvalue weighted by atomic mass is 10.0. The topological polar surface area (TPSA) is 104 Å². The van der Waals surface area contributed by atoms with Crippen LogP contribution < -0.4 is 10.6 Å². The van der Waals surface area contributed by atoms with Gasteiger partial charge in [-0.2, -0.15) is 4.99 Å². The highest BCUT2D eigenvalue weighted by Crippen LogP contribution is 2.15. The maximum atomic E-state index is 13.1. The van der Waals surface area contributed by atoms with Crippen LogP contribution >= 0.6 is 0 Å². The van der Waals surface area contributed by atoms with Crippen molar-refractivity contribution in [1.82, 2.24) is 14.9 Å². The molecular weight excluding hydrogens is 447 g/mol. The Kier molecular flexibility index (Phi) is 10.8. The lowest BCUT2D eigenvalue weighted by molar-refractivity contribution is 0.0911. The number of nitrogens with zero attached hydrogens (tertiary/aromatic N) is 4. The van der Waals surface area contributed by atoms with Crippen LogP contribution in [0.15, 0.2) is 71.0 Å². The average Bonchev–Trinajstić information content (AvgIpc) is 3.37. The third kappa shape index (κ3) is 7.86. The van der Waals surface area contributed by atoms with Gasteiger partial charge in [-0.1, -0.05) is 50.6 Å². The van der Waals surface area contributed by atoms with Gasteiger partial charge in [0.15, 0.2) is 0 Å². The minimum atomic E-state index is -0.541. The van der Waals surface area contributed by atoms with Crippen LogP contribution in [0.4, 0.5) is 10.1 Å². The lowest BCUT2D eigenvalue weighted by Gasteiger charge is -2.16. The number of guanidine groups is 1. The maximum absolute atomic E-state index is 13.1. The highest BCUT2D eigenvalue weighted by Gasteiger charge is 2.18. The predicted molar refractivity (Wildman–Crippen MR) is 139 cm³/mol. The zero-order valence-corrected chi connectivity index (χ0v) is 20.8. The molecule has 3 rings (SSSR count). The second-order valence-corrected chi connectivity index (χ2v) is 7.35. The molecule has 2 aromatic carbocycles. The molecule has 0 radical (unpaired) electrons. The first-order chi connectivity index (χ1) is 16.9. The normalized spacial score (nSPS) is 12.4. The molecule has 35 heavy (non-hydrogen) atoms. The number of aryl methyl sites for hydroxylation is 1. The van der Waals surface area contributed by atoms with Gasteiger partial charge in [0.05, 0.1) is 12.6 Å². The van der Waals surface area contributed by atoms with Gasteiger partial charge in [-0.05, 0) is 36.8 Å². The first-order valence-electron chi connectivity index (χ1n) is 11.5. The van der Waals surface area contributed by atoms with Crippen molar-refractivity contribution in [3.63, 3.8) is 0 Å². The predicted octanol–water partition coefficient (Wildman–Crippen LogP) is 4.57. The van der Waals surface area contributed by atoms with Crippen LogP contribution in [0.5, 0.6) is 0 Å². The zero-order valence-electron chi connectivity index (χ0n) is 20.8. The number of hydrogen-bond acceptors (Lipinski definition) is 4. The van der Waals surface area contributed by atoms with Gasteiger partial charge in [0, 0.05) is 25.4 Å². The standard InChI is InChI=1S/C24H27FN6O2.C2H6/c1-4-22(30-24(26-3)28-19-10-8-18(25)9-11-19)31-13-20(27-15-31)23(33)29-21(14-32)17-7-5-6-16(2)12-17;1-2/h5-13,15,21,32H,4,14H2,1-3H3,(H,26,28)(H,29,33);1-2H3/b30-22+;. The number of carbonyl (C=O) groups excluding carboxylic acids is 1. The van der Waals surface area contributed by atoms with Gasteiger partial charge in [-0.25, -0.2) is 9.37 Å². The van der Waals surface area contributed by atoms with Gasteiger partial charge in [0.1, 0.15) is 23.7 Å². The lowest BCUT2D eigenvalue weighted by Crippen LogP contribution is -2.31. The molecule has 1 heterocycles. The van der Waals surface area contributed by atoms with Crippen molar-refractivity contribution in [2.75, 3.05) is 19.0 Å². The van der Waals surface area contributed by atoms with Crippen molar-refractivity contribution in [3.05, 3.63) is 83.7 Å². The summed E-state index contributed by atoms with van der Waals surface area (Å²) in [4.78, 5) is 25.6. The van der Waals surface area contributed by atoms with Crippen LogP contribution in [0.3, 0.4) is 0 Å². The van der Waals surface area contributed by atoms with Gasteiger partial charge < -0.3 is 15.7 Å². The van der Waals surface area contributed by atoms with Crippen molar-refractivity contribution >= 4 is 23.4 Å². The summed E-state index contributed by atoms with van der Waals surface area (Å²) in [5.74, 6) is 0.203. The number of anilines is 1. The van der Waals surface area contributed by atoms with Crippen molar-refractivity contribution in [3.8, 4) is 0 Å². The first-order valence-corrected chi connectivity index (χ1v) is 11.5. The largest absolute Gasteiger partial charge is 0.394 e. The van der Waals surface area contributed by atoms with Crippen LogP contribution in [0.2, 0.25) is 0 Å². The second-order valence-electron chi connectivity index (χ2n) is 7.35. The van der Waals surface area contributed by atoms with Gasteiger partial charge in [0.2, 0.25) is 5.96 Å². The van der Waals surface area contributed by atoms with Gasteiger partial charge in [-0.15, -0.1) is 0 Å². The smallest absolute Gasteiger partial charge is 0.272 e. The highest BCUT2D eigenvalue weighted by atomic mass is 19.1. The molecular formula is C26H33FN6O2. The molecule has 0 fully saturated rings. The van der Waals surface area contributed by atoms with E-state index >= 15 is 0 Å². The van der Waals surface area contributed by atoms with Crippen molar-refractivity contribution in [2.24, 2.45) is 9.98 Å². The van der Waals surface area contributed by atoms with E-state index in [0.717, 1.165) is 11.1 Å². The fraction of sp³-hybridized carbons (Fsp3) is 0.308. The molecule has 0 bridgehead atoms. The zero-order chi connectivity index (χ0) is 25.8. The van der Waals surface area contributed by atoms with E-state index in [1.807, 2.05) is 52.0 Å². The number of imidazole rings is 1. The van der Waals surface area contributed by atoms with Gasteiger partial charge in [-0.3, -0.25) is 14.4 Å². The number of aliphatic imine (C=N–C) groups is 2. The minimum absolute atomic E-state index is 0.198. The number of halogens is 1. The third-order valence-electron chi connectivity index (χ3n) is 4.91. The number of nitrogens with one attached hydrogen (secondary N) is 2. The van der Waals surface area contributed by atoms with Crippen molar-refractivity contribution in [2.45, 2.75) is 40.2 Å². The Morgan fingerprint density at radius 1 is 1.20 bits per heavy atom. The summed E-state index contributed by atoms with van der Waals surface area (Å²) in [6.45, 7) is 7.64.